The molecule has 232 valence electrons. The summed E-state index contributed by atoms with van der Waals surface area (Å²) < 4.78 is 9.12. The third kappa shape index (κ3) is 3.92. The Morgan fingerprint density at radius 1 is 0.440 bits per heavy atom. The highest BCUT2D eigenvalue weighted by Gasteiger charge is 2.21. The van der Waals surface area contributed by atoms with Crippen molar-refractivity contribution in [3.63, 3.8) is 0 Å². The molecule has 0 atom stereocenters. The third-order valence-electron chi connectivity index (χ3n) is 9.99. The van der Waals surface area contributed by atoms with Crippen molar-refractivity contribution >= 4 is 60.0 Å². The number of hydrogen-bond acceptors (Lipinski definition) is 4. The lowest BCUT2D eigenvalue weighted by Gasteiger charge is -2.09. The molecule has 0 unspecified atom stereocenters. The van der Waals surface area contributed by atoms with Gasteiger partial charge in [-0.25, -0.2) is 9.97 Å². The summed E-state index contributed by atoms with van der Waals surface area (Å²) in [6.07, 6.45) is 1.79. The van der Waals surface area contributed by atoms with E-state index in [9.17, 15) is 0 Å². The summed E-state index contributed by atoms with van der Waals surface area (Å²) in [5.41, 5.74) is 12.0. The number of rotatable bonds is 4. The highest BCUT2D eigenvalue weighted by atomic mass is 16.3. The van der Waals surface area contributed by atoms with Crippen molar-refractivity contribution in [3.8, 4) is 45.2 Å². The summed E-state index contributed by atoms with van der Waals surface area (Å²) in [6, 6.07) is 52.9. The number of furan rings is 1. The molecule has 50 heavy (non-hydrogen) atoms. The van der Waals surface area contributed by atoms with Crippen LogP contribution < -0.4 is 0 Å². The van der Waals surface area contributed by atoms with Crippen molar-refractivity contribution in [2.75, 3.05) is 0 Å². The Kier molecular flexibility index (Phi) is 5.60. The van der Waals surface area contributed by atoms with Crippen LogP contribution in [0.3, 0.4) is 0 Å². The second-order valence-electron chi connectivity index (χ2n) is 12.8. The van der Waals surface area contributed by atoms with Crippen molar-refractivity contribution in [3.05, 3.63) is 158 Å². The van der Waals surface area contributed by atoms with Gasteiger partial charge in [-0.15, -0.1) is 0 Å². The highest BCUT2D eigenvalue weighted by molar-refractivity contribution is 6.25. The van der Waals surface area contributed by atoms with Crippen LogP contribution in [0, 0.1) is 0 Å². The molecule has 0 aliphatic heterocycles. The molecule has 5 heteroatoms. The topological polar surface area (TPSA) is 56.2 Å². The predicted octanol–water partition coefficient (Wildman–Crippen LogP) is 11.6. The Labute approximate surface area is 286 Å². The Hall–Kier alpha value is -6.85. The SMILES string of the molecule is c1ccc(-c2nc(-c3ccc4oc5c(-c6cc7c8ccccc8n8c9ccccc9c(c6)c78)cccc5c4c3)cc(-c3ccccn3)n2)cc1. The van der Waals surface area contributed by atoms with E-state index in [2.05, 4.69) is 106 Å². The molecule has 11 rings (SSSR count). The van der Waals surface area contributed by atoms with E-state index in [1.54, 1.807) is 6.20 Å². The predicted molar refractivity (Wildman–Crippen MR) is 204 cm³/mol. The van der Waals surface area contributed by atoms with Gasteiger partial charge in [0.1, 0.15) is 11.2 Å². The first-order valence-electron chi connectivity index (χ1n) is 16.8. The van der Waals surface area contributed by atoms with Gasteiger partial charge in [-0.05, 0) is 66.2 Å². The molecule has 0 aliphatic rings. The van der Waals surface area contributed by atoms with Crippen LogP contribution in [0.25, 0.3) is 105 Å². The molecular weight excluding hydrogens is 613 g/mol. The van der Waals surface area contributed by atoms with Crippen LogP contribution in [0.1, 0.15) is 0 Å². The first kappa shape index (κ1) is 27.1. The molecule has 0 saturated heterocycles. The van der Waals surface area contributed by atoms with Gasteiger partial charge in [-0.1, -0.05) is 91.0 Å². The van der Waals surface area contributed by atoms with Crippen molar-refractivity contribution in [2.45, 2.75) is 0 Å². The van der Waals surface area contributed by atoms with Crippen LogP contribution >= 0.6 is 0 Å². The van der Waals surface area contributed by atoms with E-state index < -0.39 is 0 Å². The van der Waals surface area contributed by atoms with E-state index in [0.717, 1.165) is 61.3 Å². The fraction of sp³-hybridized carbons (Fsp3) is 0. The number of para-hydroxylation sites is 3. The molecule has 5 heterocycles. The van der Waals surface area contributed by atoms with Crippen LogP contribution in [0.2, 0.25) is 0 Å². The number of hydrogen-bond donors (Lipinski definition) is 0. The van der Waals surface area contributed by atoms with Crippen LogP contribution in [-0.2, 0) is 0 Å². The minimum Gasteiger partial charge on any atom is -0.455 e. The zero-order valence-corrected chi connectivity index (χ0v) is 26.7. The Morgan fingerprint density at radius 2 is 1.12 bits per heavy atom. The van der Waals surface area contributed by atoms with Crippen molar-refractivity contribution in [1.82, 2.24) is 19.4 Å². The minimum absolute atomic E-state index is 0.662. The largest absolute Gasteiger partial charge is 0.455 e. The van der Waals surface area contributed by atoms with Crippen LogP contribution in [-0.4, -0.2) is 19.4 Å². The molecule has 0 fully saturated rings. The smallest absolute Gasteiger partial charge is 0.160 e. The van der Waals surface area contributed by atoms with Crippen LogP contribution in [0.5, 0.6) is 0 Å². The zero-order chi connectivity index (χ0) is 32.8. The average Bonchev–Trinajstić information content (AvgIpc) is 3.85. The summed E-state index contributed by atoms with van der Waals surface area (Å²) in [6.45, 7) is 0. The van der Waals surface area contributed by atoms with Gasteiger partial charge in [0.05, 0.1) is 33.6 Å². The van der Waals surface area contributed by atoms with Crippen molar-refractivity contribution < 1.29 is 4.42 Å². The van der Waals surface area contributed by atoms with E-state index in [4.69, 9.17) is 14.4 Å². The number of fused-ring (bicyclic) bond motifs is 9. The third-order valence-corrected chi connectivity index (χ3v) is 9.99. The molecule has 0 N–H and O–H groups in total. The van der Waals surface area contributed by atoms with Crippen molar-refractivity contribution in [2.24, 2.45) is 0 Å². The monoisotopic (exact) mass is 638 g/mol. The van der Waals surface area contributed by atoms with Gasteiger partial charge in [0.15, 0.2) is 5.82 Å². The normalized spacial score (nSPS) is 12.0. The molecule has 6 aromatic carbocycles. The highest BCUT2D eigenvalue weighted by Crippen LogP contribution is 2.44. The van der Waals surface area contributed by atoms with E-state index in [1.165, 1.54) is 38.1 Å². The molecule has 0 radical (unpaired) electrons. The number of nitrogens with zero attached hydrogens (tertiary/aromatic N) is 4. The second-order valence-corrected chi connectivity index (χ2v) is 12.8. The quantitative estimate of drug-likeness (QED) is 0.192. The molecule has 0 bridgehead atoms. The molecule has 5 aromatic heterocycles. The molecule has 11 aromatic rings. The maximum absolute atomic E-state index is 6.70. The van der Waals surface area contributed by atoms with Gasteiger partial charge in [-0.2, -0.15) is 0 Å². The van der Waals surface area contributed by atoms with Gasteiger partial charge in [0, 0.05) is 55.2 Å². The Morgan fingerprint density at radius 3 is 1.88 bits per heavy atom. The molecule has 0 spiro atoms. The fourth-order valence-electron chi connectivity index (χ4n) is 7.75. The number of aromatic nitrogens is 4. The van der Waals surface area contributed by atoms with Gasteiger partial charge in [0.2, 0.25) is 0 Å². The van der Waals surface area contributed by atoms with Gasteiger partial charge >= 0.3 is 0 Å². The average molecular weight is 639 g/mol. The fourth-order valence-corrected chi connectivity index (χ4v) is 7.75. The number of benzene rings is 6. The molecule has 0 amide bonds. The maximum atomic E-state index is 6.70. The standard InChI is InChI=1S/C45H26N4O/c1-2-11-27(12-3-1)45-47-38(26-39(48-45)37-17-8-9-22-46-37)28-20-21-42-34(23-28)33-16-10-15-30(44(33)50-42)29-24-35-31-13-4-6-18-40(31)49-41-19-7-5-14-32(41)36(25-29)43(35)49/h1-26H. The summed E-state index contributed by atoms with van der Waals surface area (Å²) in [5.74, 6) is 0.662. The maximum Gasteiger partial charge on any atom is 0.160 e. The molecule has 0 aliphatic carbocycles. The first-order chi connectivity index (χ1) is 24.8. The van der Waals surface area contributed by atoms with E-state index in [-0.39, 0.29) is 0 Å². The summed E-state index contributed by atoms with van der Waals surface area (Å²) >= 11 is 0. The van der Waals surface area contributed by atoms with Crippen LogP contribution in [0.4, 0.5) is 0 Å². The lowest BCUT2D eigenvalue weighted by molar-refractivity contribution is 0.670. The summed E-state index contributed by atoms with van der Waals surface area (Å²) in [7, 11) is 0. The summed E-state index contributed by atoms with van der Waals surface area (Å²) in [5, 5.41) is 7.13. The van der Waals surface area contributed by atoms with Gasteiger partial charge in [-0.3, -0.25) is 4.98 Å². The molecule has 5 nitrogen and oxygen atoms in total. The second kappa shape index (κ2) is 10.3. The van der Waals surface area contributed by atoms with Crippen molar-refractivity contribution in [1.29, 1.82) is 0 Å². The van der Waals surface area contributed by atoms with Gasteiger partial charge < -0.3 is 8.82 Å². The lowest BCUT2D eigenvalue weighted by atomic mass is 9.97. The molecular formula is C45H26N4O. The van der Waals surface area contributed by atoms with Crippen LogP contribution in [0.15, 0.2) is 162 Å². The minimum atomic E-state index is 0.662. The summed E-state index contributed by atoms with van der Waals surface area (Å²) in [4.78, 5) is 14.6. The van der Waals surface area contributed by atoms with E-state index in [1.807, 2.05) is 54.6 Å². The van der Waals surface area contributed by atoms with Gasteiger partial charge in [0.25, 0.3) is 0 Å². The first-order valence-corrected chi connectivity index (χ1v) is 16.8. The van der Waals surface area contributed by atoms with E-state index in [0.29, 0.717) is 5.82 Å². The zero-order valence-electron chi connectivity index (χ0n) is 26.7. The Balaban J connectivity index is 1.12. The lowest BCUT2D eigenvalue weighted by Crippen LogP contribution is -1.96. The number of pyridine rings is 1. The molecule has 0 saturated carbocycles. The van der Waals surface area contributed by atoms with E-state index >= 15 is 0 Å². The Bertz CT molecular complexity index is 2950.